The van der Waals surface area contributed by atoms with E-state index in [1.165, 1.54) is 12.8 Å². The van der Waals surface area contributed by atoms with E-state index >= 15 is 0 Å². The minimum Gasteiger partial charge on any atom is -0.297 e. The Bertz CT molecular complexity index is 441. The van der Waals surface area contributed by atoms with Gasteiger partial charge >= 0.3 is 0 Å². The van der Waals surface area contributed by atoms with Crippen LogP contribution in [0.1, 0.15) is 42.7 Å². The van der Waals surface area contributed by atoms with Gasteiger partial charge in [-0.2, -0.15) is 0 Å². The van der Waals surface area contributed by atoms with Crippen molar-refractivity contribution in [3.05, 3.63) is 29.6 Å². The Kier molecular flexibility index (Phi) is 4.17. The van der Waals surface area contributed by atoms with Crippen molar-refractivity contribution in [2.75, 3.05) is 13.1 Å². The summed E-state index contributed by atoms with van der Waals surface area (Å²) < 4.78 is 0. The van der Waals surface area contributed by atoms with Crippen LogP contribution in [-0.4, -0.2) is 28.9 Å². The van der Waals surface area contributed by atoms with Crippen LogP contribution in [-0.2, 0) is 6.54 Å². The molecule has 1 fully saturated rings. The molecule has 2 heterocycles. The topological polar surface area (TPSA) is 71.2 Å². The van der Waals surface area contributed by atoms with Crippen molar-refractivity contribution in [2.45, 2.75) is 33.2 Å². The van der Waals surface area contributed by atoms with Crippen molar-refractivity contribution < 1.29 is 4.79 Å². The van der Waals surface area contributed by atoms with Gasteiger partial charge in [0.25, 0.3) is 5.91 Å². The number of amides is 1. The summed E-state index contributed by atoms with van der Waals surface area (Å²) in [6.45, 7) is 7.67. The van der Waals surface area contributed by atoms with Crippen molar-refractivity contribution in [1.82, 2.24) is 15.3 Å². The minimum absolute atomic E-state index is 0.307. The first-order valence-corrected chi connectivity index (χ1v) is 6.68. The van der Waals surface area contributed by atoms with E-state index in [0.717, 1.165) is 25.3 Å². The third kappa shape index (κ3) is 3.75. The number of hydrogen-bond donors (Lipinski definition) is 2. The van der Waals surface area contributed by atoms with Crippen molar-refractivity contribution in [3.8, 4) is 0 Å². The summed E-state index contributed by atoms with van der Waals surface area (Å²) >= 11 is 0. The number of nitrogens with two attached hydrogens (primary N) is 1. The lowest BCUT2D eigenvalue weighted by Gasteiger charge is -2.37. The van der Waals surface area contributed by atoms with Crippen molar-refractivity contribution in [3.63, 3.8) is 0 Å². The second kappa shape index (κ2) is 5.67. The highest BCUT2D eigenvalue weighted by Gasteiger charge is 2.26. The summed E-state index contributed by atoms with van der Waals surface area (Å²) in [5, 5.41) is 0. The van der Waals surface area contributed by atoms with Gasteiger partial charge in [-0.05, 0) is 36.9 Å². The predicted molar refractivity (Wildman–Crippen MR) is 74.2 cm³/mol. The molecule has 1 aliphatic heterocycles. The average Bonchev–Trinajstić information content (AvgIpc) is 2.37. The number of carbonyl (C=O) groups excluding carboxylic acids is 1. The first kappa shape index (κ1) is 14.0. The molecule has 1 amide bonds. The van der Waals surface area contributed by atoms with Crippen LogP contribution < -0.4 is 11.3 Å². The van der Waals surface area contributed by atoms with Crippen LogP contribution in [0.3, 0.4) is 0 Å². The predicted octanol–water partition coefficient (Wildman–Crippen LogP) is 1.31. The number of nitrogen functional groups attached to an aromatic ring is 1. The average molecular weight is 262 g/mol. The summed E-state index contributed by atoms with van der Waals surface area (Å²) in [6, 6.07) is 3.66. The van der Waals surface area contributed by atoms with Gasteiger partial charge in [-0.15, -0.1) is 0 Å². The van der Waals surface area contributed by atoms with Gasteiger partial charge in [0.2, 0.25) is 0 Å². The van der Waals surface area contributed by atoms with Crippen LogP contribution in [0.25, 0.3) is 0 Å². The summed E-state index contributed by atoms with van der Waals surface area (Å²) in [5.74, 6) is 4.78. The molecule has 5 nitrogen and oxygen atoms in total. The maximum absolute atomic E-state index is 11.3. The normalized spacial score (nSPS) is 19.1. The molecule has 0 spiro atoms. The van der Waals surface area contributed by atoms with E-state index in [-0.39, 0.29) is 5.91 Å². The standard InChI is InChI=1S/C14H22N4O/c1-14(2)6-3-7-18(10-14)9-12-5-4-11(8-16-12)13(19)17-15/h4-5,8H,3,6-7,9-10,15H2,1-2H3,(H,17,19). The zero-order chi connectivity index (χ0) is 13.9. The molecule has 1 aliphatic rings. The molecule has 1 aromatic rings. The van der Waals surface area contributed by atoms with E-state index in [0.29, 0.717) is 11.0 Å². The summed E-state index contributed by atoms with van der Waals surface area (Å²) in [6.07, 6.45) is 4.10. The molecule has 19 heavy (non-hydrogen) atoms. The number of aromatic nitrogens is 1. The van der Waals surface area contributed by atoms with Crippen LogP contribution in [0.2, 0.25) is 0 Å². The first-order chi connectivity index (χ1) is 9.00. The fourth-order valence-electron chi connectivity index (χ4n) is 2.64. The Labute approximate surface area is 114 Å². The molecule has 0 aromatic carbocycles. The molecule has 5 heteroatoms. The molecule has 0 radical (unpaired) electrons. The number of hydrogen-bond acceptors (Lipinski definition) is 4. The lowest BCUT2D eigenvalue weighted by molar-refractivity contribution is 0.0953. The fraction of sp³-hybridized carbons (Fsp3) is 0.571. The maximum Gasteiger partial charge on any atom is 0.266 e. The van der Waals surface area contributed by atoms with Crippen LogP contribution in [0.15, 0.2) is 18.3 Å². The van der Waals surface area contributed by atoms with Gasteiger partial charge in [-0.1, -0.05) is 13.8 Å². The second-order valence-corrected chi connectivity index (χ2v) is 5.99. The Morgan fingerprint density at radius 2 is 2.32 bits per heavy atom. The Morgan fingerprint density at radius 3 is 2.89 bits per heavy atom. The van der Waals surface area contributed by atoms with Gasteiger partial charge in [0.15, 0.2) is 0 Å². The molecule has 2 rings (SSSR count). The maximum atomic E-state index is 11.3. The third-order valence-corrected chi connectivity index (χ3v) is 3.58. The van der Waals surface area contributed by atoms with Crippen molar-refractivity contribution >= 4 is 5.91 Å². The molecule has 0 bridgehead atoms. The summed E-state index contributed by atoms with van der Waals surface area (Å²) in [7, 11) is 0. The largest absolute Gasteiger partial charge is 0.297 e. The Balaban J connectivity index is 1.98. The number of piperidine rings is 1. The zero-order valence-electron chi connectivity index (χ0n) is 11.6. The highest BCUT2D eigenvalue weighted by atomic mass is 16.2. The van der Waals surface area contributed by atoms with Gasteiger partial charge in [0, 0.05) is 19.3 Å². The quantitative estimate of drug-likeness (QED) is 0.489. The van der Waals surface area contributed by atoms with Gasteiger partial charge in [-0.3, -0.25) is 20.1 Å². The van der Waals surface area contributed by atoms with Gasteiger partial charge in [0.05, 0.1) is 11.3 Å². The molecule has 104 valence electrons. The van der Waals surface area contributed by atoms with Crippen molar-refractivity contribution in [2.24, 2.45) is 11.3 Å². The van der Waals surface area contributed by atoms with Crippen LogP contribution in [0.5, 0.6) is 0 Å². The van der Waals surface area contributed by atoms with E-state index in [9.17, 15) is 4.79 Å². The monoisotopic (exact) mass is 262 g/mol. The smallest absolute Gasteiger partial charge is 0.266 e. The molecule has 0 unspecified atom stereocenters. The van der Waals surface area contributed by atoms with E-state index in [4.69, 9.17) is 5.84 Å². The van der Waals surface area contributed by atoms with Crippen LogP contribution in [0, 0.1) is 5.41 Å². The third-order valence-electron chi connectivity index (χ3n) is 3.58. The van der Waals surface area contributed by atoms with E-state index in [2.05, 4.69) is 29.2 Å². The van der Waals surface area contributed by atoms with E-state index in [1.807, 2.05) is 6.07 Å². The van der Waals surface area contributed by atoms with E-state index < -0.39 is 0 Å². The van der Waals surface area contributed by atoms with Crippen LogP contribution in [0.4, 0.5) is 0 Å². The van der Waals surface area contributed by atoms with Gasteiger partial charge < -0.3 is 0 Å². The van der Waals surface area contributed by atoms with Gasteiger partial charge in [-0.25, -0.2) is 5.84 Å². The SMILES string of the molecule is CC1(C)CCCN(Cc2ccc(C(=O)NN)cn2)C1. The second-order valence-electron chi connectivity index (χ2n) is 5.99. The van der Waals surface area contributed by atoms with Crippen LogP contribution >= 0.6 is 0 Å². The summed E-state index contributed by atoms with van der Waals surface area (Å²) in [5.41, 5.74) is 3.97. The zero-order valence-corrected chi connectivity index (χ0v) is 11.6. The Morgan fingerprint density at radius 1 is 1.53 bits per heavy atom. The highest BCUT2D eigenvalue weighted by Crippen LogP contribution is 2.28. The fourth-order valence-corrected chi connectivity index (χ4v) is 2.64. The lowest BCUT2D eigenvalue weighted by atomic mass is 9.84. The molecular weight excluding hydrogens is 240 g/mol. The first-order valence-electron chi connectivity index (χ1n) is 6.68. The number of nitrogens with one attached hydrogen (secondary N) is 1. The lowest BCUT2D eigenvalue weighted by Crippen LogP contribution is -2.39. The molecule has 3 N–H and O–H groups in total. The minimum atomic E-state index is -0.307. The number of rotatable bonds is 3. The number of likely N-dealkylation sites (tertiary alicyclic amines) is 1. The molecule has 0 saturated carbocycles. The molecular formula is C14H22N4O. The molecule has 0 aliphatic carbocycles. The number of hydrazine groups is 1. The molecule has 1 aromatic heterocycles. The number of pyridine rings is 1. The Hall–Kier alpha value is -1.46. The molecule has 0 atom stereocenters. The summed E-state index contributed by atoms with van der Waals surface area (Å²) in [4.78, 5) is 18.1. The molecule has 1 saturated heterocycles. The van der Waals surface area contributed by atoms with Crippen molar-refractivity contribution in [1.29, 1.82) is 0 Å². The van der Waals surface area contributed by atoms with Gasteiger partial charge in [0.1, 0.15) is 0 Å². The number of carbonyl (C=O) groups is 1. The highest BCUT2D eigenvalue weighted by molar-refractivity contribution is 5.93. The van der Waals surface area contributed by atoms with E-state index in [1.54, 1.807) is 12.3 Å². The number of nitrogens with zero attached hydrogens (tertiary/aromatic N) is 2.